The summed E-state index contributed by atoms with van der Waals surface area (Å²) in [5, 5.41) is 8.64. The van der Waals surface area contributed by atoms with Crippen molar-refractivity contribution in [3.05, 3.63) is 35.9 Å². The zero-order chi connectivity index (χ0) is 13.0. The lowest BCUT2D eigenvalue weighted by Crippen LogP contribution is -2.47. The van der Waals surface area contributed by atoms with Crippen molar-refractivity contribution < 1.29 is 10.0 Å². The molecule has 1 unspecified atom stereocenters. The van der Waals surface area contributed by atoms with Crippen LogP contribution in [0.2, 0.25) is 0 Å². The molecule has 1 fully saturated rings. The van der Waals surface area contributed by atoms with Crippen LogP contribution in [0.4, 0.5) is 0 Å². The van der Waals surface area contributed by atoms with E-state index in [0.29, 0.717) is 5.92 Å². The van der Waals surface area contributed by atoms with E-state index >= 15 is 0 Å². The van der Waals surface area contributed by atoms with Gasteiger partial charge in [-0.25, -0.2) is 5.48 Å². The third kappa shape index (κ3) is 4.47. The number of nitrogens with zero attached hydrogens (tertiary/aromatic N) is 1. The summed E-state index contributed by atoms with van der Waals surface area (Å²) >= 11 is 0. The molecule has 0 aliphatic carbocycles. The average Bonchev–Trinajstić information content (AvgIpc) is 2.47. The Kier molecular flexibility index (Phi) is 8.46. The van der Waals surface area contributed by atoms with E-state index in [9.17, 15) is 4.79 Å². The van der Waals surface area contributed by atoms with Crippen LogP contribution >= 0.6 is 12.4 Å². The second-order valence-electron chi connectivity index (χ2n) is 4.87. The normalized spacial score (nSPS) is 17.5. The van der Waals surface area contributed by atoms with Crippen LogP contribution in [0, 0.1) is 0 Å². The van der Waals surface area contributed by atoms with Crippen molar-refractivity contribution in [1.82, 2.24) is 10.4 Å². The van der Waals surface area contributed by atoms with E-state index in [1.165, 1.54) is 5.56 Å². The molecule has 0 bridgehead atoms. The molecule has 1 atom stereocenters. The molecule has 114 valence electrons. The molecule has 2 rings (SSSR count). The Bertz CT molecular complexity index is 392. The minimum atomic E-state index is -0.326. The number of benzene rings is 1. The Morgan fingerprint density at radius 2 is 1.85 bits per heavy atom. The van der Waals surface area contributed by atoms with Gasteiger partial charge in [0.25, 0.3) is 5.91 Å². The molecular weight excluding hydrogens is 276 g/mol. The van der Waals surface area contributed by atoms with E-state index in [2.05, 4.69) is 29.2 Å². The van der Waals surface area contributed by atoms with Crippen LogP contribution in [-0.4, -0.2) is 35.1 Å². The van der Waals surface area contributed by atoms with Gasteiger partial charge in [-0.05, 0) is 44.3 Å². The molecule has 0 saturated carbocycles. The van der Waals surface area contributed by atoms with Gasteiger partial charge in [-0.1, -0.05) is 37.8 Å². The van der Waals surface area contributed by atoms with Crippen LogP contribution in [0.1, 0.15) is 38.7 Å². The lowest BCUT2D eigenvalue weighted by molar-refractivity contribution is -0.134. The topological polar surface area (TPSA) is 52.6 Å². The second kappa shape index (κ2) is 8.95. The molecule has 1 saturated heterocycles. The van der Waals surface area contributed by atoms with Crippen LogP contribution in [0.5, 0.6) is 0 Å². The van der Waals surface area contributed by atoms with Crippen molar-refractivity contribution in [3.63, 3.8) is 0 Å². The summed E-state index contributed by atoms with van der Waals surface area (Å²) in [7, 11) is 0. The number of hydrogen-bond donors (Lipinski definition) is 2. The van der Waals surface area contributed by atoms with Gasteiger partial charge in [0.2, 0.25) is 0 Å². The number of nitrogens with one attached hydrogen (secondary N) is 1. The molecule has 2 N–H and O–H groups in total. The number of rotatable bonds is 3. The number of amides is 1. The number of piperidine rings is 1. The predicted octanol–water partition coefficient (Wildman–Crippen LogP) is 2.82. The number of hydroxylamine groups is 1. The zero-order valence-electron chi connectivity index (χ0n) is 11.1. The smallest absolute Gasteiger partial charge is 0.260 e. The summed E-state index contributed by atoms with van der Waals surface area (Å²) in [4.78, 5) is 13.5. The van der Waals surface area contributed by atoms with Gasteiger partial charge in [0.05, 0.1) is 6.04 Å². The summed E-state index contributed by atoms with van der Waals surface area (Å²) in [5.41, 5.74) is 3.11. The third-order valence-electron chi connectivity index (χ3n) is 3.84. The van der Waals surface area contributed by atoms with Crippen molar-refractivity contribution >= 4 is 18.3 Å². The maximum atomic E-state index is 11.4. The first-order valence-corrected chi connectivity index (χ1v) is 6.45. The van der Waals surface area contributed by atoms with Crippen LogP contribution in [-0.2, 0) is 4.79 Å². The number of carbonyl (C=O) groups is 1. The fraction of sp³-hybridized carbons (Fsp3) is 0.533. The summed E-state index contributed by atoms with van der Waals surface area (Å²) in [6, 6.07) is 10.3. The summed E-state index contributed by atoms with van der Waals surface area (Å²) < 4.78 is 0. The Morgan fingerprint density at radius 1 is 1.30 bits per heavy atom. The van der Waals surface area contributed by atoms with Crippen LogP contribution in [0.3, 0.4) is 0 Å². The van der Waals surface area contributed by atoms with Crippen LogP contribution < -0.4 is 5.48 Å². The van der Waals surface area contributed by atoms with Crippen molar-refractivity contribution in [3.8, 4) is 0 Å². The molecule has 1 aromatic carbocycles. The highest BCUT2D eigenvalue weighted by Gasteiger charge is 2.26. The Labute approximate surface area is 127 Å². The Balaban J connectivity index is 0.00000180. The number of hydrogen-bond acceptors (Lipinski definition) is 3. The minimum Gasteiger partial charge on any atom is -0.292 e. The van der Waals surface area contributed by atoms with Gasteiger partial charge in [0.15, 0.2) is 0 Å². The molecule has 0 radical (unpaired) electrons. The maximum absolute atomic E-state index is 11.4. The lowest BCUT2D eigenvalue weighted by Gasteiger charge is -2.35. The molecule has 20 heavy (non-hydrogen) atoms. The molecule has 1 heterocycles. The van der Waals surface area contributed by atoms with E-state index in [4.69, 9.17) is 5.21 Å². The molecule has 1 aliphatic rings. The van der Waals surface area contributed by atoms with E-state index in [1.807, 2.05) is 13.0 Å². The van der Waals surface area contributed by atoms with Gasteiger partial charge in [-0.2, -0.15) is 0 Å². The Hall–Kier alpha value is -1.10. The number of carbonyl (C=O) groups excluding carboxylic acids is 1. The molecule has 1 aliphatic heterocycles. The van der Waals surface area contributed by atoms with E-state index in [-0.39, 0.29) is 31.8 Å². The van der Waals surface area contributed by atoms with Gasteiger partial charge in [0, 0.05) is 0 Å². The number of halogens is 1. The first-order valence-electron chi connectivity index (χ1n) is 6.45. The summed E-state index contributed by atoms with van der Waals surface area (Å²) in [5.74, 6) is 0.264. The van der Waals surface area contributed by atoms with Crippen molar-refractivity contribution in [2.45, 2.75) is 39.2 Å². The molecule has 0 spiro atoms. The monoisotopic (exact) mass is 300 g/mol. The predicted molar refractivity (Wildman–Crippen MR) is 83.4 cm³/mol. The molecule has 5 heteroatoms. The van der Waals surface area contributed by atoms with Crippen molar-refractivity contribution in [2.75, 3.05) is 13.1 Å². The molecule has 1 amide bonds. The fourth-order valence-electron chi connectivity index (χ4n) is 2.60. The van der Waals surface area contributed by atoms with E-state index < -0.39 is 0 Å². The third-order valence-corrected chi connectivity index (χ3v) is 3.84. The van der Waals surface area contributed by atoms with E-state index in [1.54, 1.807) is 5.48 Å². The molecular formula is C15H25ClN2O2. The quantitative estimate of drug-likeness (QED) is 0.667. The van der Waals surface area contributed by atoms with Crippen LogP contribution in [0.25, 0.3) is 0 Å². The average molecular weight is 301 g/mol. The van der Waals surface area contributed by atoms with Gasteiger partial charge < -0.3 is 0 Å². The zero-order valence-corrected chi connectivity index (χ0v) is 11.9. The highest BCUT2D eigenvalue weighted by Crippen LogP contribution is 2.28. The fourth-order valence-corrected chi connectivity index (χ4v) is 2.60. The summed E-state index contributed by atoms with van der Waals surface area (Å²) in [6.45, 7) is 3.62. The lowest BCUT2D eigenvalue weighted by atomic mass is 9.89. The van der Waals surface area contributed by atoms with Crippen LogP contribution in [0.15, 0.2) is 30.3 Å². The summed E-state index contributed by atoms with van der Waals surface area (Å²) in [6.07, 6.45) is 2.13. The van der Waals surface area contributed by atoms with E-state index in [0.717, 1.165) is 25.9 Å². The highest BCUT2D eigenvalue weighted by atomic mass is 35.5. The van der Waals surface area contributed by atoms with Gasteiger partial charge in [0.1, 0.15) is 0 Å². The Morgan fingerprint density at radius 3 is 2.35 bits per heavy atom. The first-order chi connectivity index (χ1) is 8.72. The number of likely N-dealkylation sites (tertiary alicyclic amines) is 1. The highest BCUT2D eigenvalue weighted by molar-refractivity contribution is 5.85. The molecule has 4 nitrogen and oxygen atoms in total. The van der Waals surface area contributed by atoms with Crippen molar-refractivity contribution in [1.29, 1.82) is 0 Å². The largest absolute Gasteiger partial charge is 0.292 e. The molecule has 1 aromatic rings. The maximum Gasteiger partial charge on any atom is 0.260 e. The van der Waals surface area contributed by atoms with Gasteiger partial charge in [-0.15, -0.1) is 12.4 Å². The van der Waals surface area contributed by atoms with Gasteiger partial charge >= 0.3 is 0 Å². The first kappa shape index (κ1) is 18.9. The SMILES string of the molecule is C.CC(C(=O)NO)N1CCC(c2ccccc2)CC1.Cl. The van der Waals surface area contributed by atoms with Gasteiger partial charge in [-0.3, -0.25) is 14.9 Å². The standard InChI is InChI=1S/C14H20N2O2.CH4.ClH/c1-11(14(17)15-18)16-9-7-13(8-10-16)12-5-3-2-4-6-12;;/h2-6,11,13,18H,7-10H2,1H3,(H,15,17);1H4;1H. The second-order valence-corrected chi connectivity index (χ2v) is 4.87. The molecule has 0 aromatic heterocycles. The van der Waals surface area contributed by atoms with Crippen molar-refractivity contribution in [2.24, 2.45) is 0 Å². The minimum absolute atomic E-state index is 0.